The summed E-state index contributed by atoms with van der Waals surface area (Å²) >= 11 is 0. The lowest BCUT2D eigenvalue weighted by atomic mass is 9.98. The Morgan fingerprint density at radius 2 is 1.38 bits per heavy atom. The molecule has 3 aromatic carbocycles. The fourth-order valence-corrected chi connectivity index (χ4v) is 3.02. The number of hydrogen-bond acceptors (Lipinski definition) is 2. The van der Waals surface area contributed by atoms with Gasteiger partial charge in [-0.25, -0.2) is 9.69 Å². The summed E-state index contributed by atoms with van der Waals surface area (Å²) in [6, 6.07) is 24.8. The summed E-state index contributed by atoms with van der Waals surface area (Å²) in [6.45, 7) is 6.35. The molecule has 0 saturated heterocycles. The number of aryl methyl sites for hydroxylation is 1. The largest absolute Gasteiger partial charge is 0.424 e. The van der Waals surface area contributed by atoms with Gasteiger partial charge in [-0.3, -0.25) is 0 Å². The first-order valence-corrected chi connectivity index (χ1v) is 8.79. The van der Waals surface area contributed by atoms with Gasteiger partial charge >= 0.3 is 6.09 Å². The van der Waals surface area contributed by atoms with Crippen LogP contribution in [-0.2, 0) is 0 Å². The van der Waals surface area contributed by atoms with E-state index in [1.165, 1.54) is 5.56 Å². The fourth-order valence-electron chi connectivity index (χ4n) is 3.02. The molecule has 132 valence electrons. The van der Waals surface area contributed by atoms with Crippen molar-refractivity contribution in [1.29, 1.82) is 0 Å². The number of hydrogen-bond donors (Lipinski definition) is 0. The van der Waals surface area contributed by atoms with Crippen LogP contribution in [0.5, 0.6) is 5.75 Å². The van der Waals surface area contributed by atoms with Crippen LogP contribution in [-0.4, -0.2) is 6.09 Å². The molecular formula is C23H23NO2. The fraction of sp³-hybridized carbons (Fsp3) is 0.174. The second-order valence-corrected chi connectivity index (χ2v) is 6.55. The second kappa shape index (κ2) is 7.87. The number of benzene rings is 3. The molecule has 0 spiro atoms. The van der Waals surface area contributed by atoms with E-state index in [4.69, 9.17) is 4.74 Å². The molecule has 3 rings (SSSR count). The highest BCUT2D eigenvalue weighted by atomic mass is 16.6. The zero-order chi connectivity index (χ0) is 18.5. The molecule has 3 nitrogen and oxygen atoms in total. The van der Waals surface area contributed by atoms with Gasteiger partial charge in [-0.2, -0.15) is 0 Å². The van der Waals surface area contributed by atoms with Crippen molar-refractivity contribution in [2.24, 2.45) is 0 Å². The van der Waals surface area contributed by atoms with Crippen LogP contribution in [0.4, 0.5) is 16.2 Å². The summed E-state index contributed by atoms with van der Waals surface area (Å²) in [6.07, 6.45) is -0.431. The molecular weight excluding hydrogens is 322 g/mol. The first-order chi connectivity index (χ1) is 12.6. The molecule has 0 aliphatic rings. The van der Waals surface area contributed by atoms with E-state index in [1.54, 1.807) is 4.90 Å². The summed E-state index contributed by atoms with van der Waals surface area (Å²) in [5, 5.41) is 0. The van der Waals surface area contributed by atoms with Gasteiger partial charge in [-0.1, -0.05) is 56.3 Å². The van der Waals surface area contributed by atoms with E-state index in [0.29, 0.717) is 11.7 Å². The SMILES string of the molecule is Cc1cc(OC(=O)N(c2ccccc2)c2ccccc2)ccc1C(C)C. The smallest absolute Gasteiger partial charge is 0.410 e. The summed E-state index contributed by atoms with van der Waals surface area (Å²) in [4.78, 5) is 14.5. The zero-order valence-corrected chi connectivity index (χ0v) is 15.3. The van der Waals surface area contributed by atoms with Gasteiger partial charge in [0.05, 0.1) is 11.4 Å². The van der Waals surface area contributed by atoms with Crippen molar-refractivity contribution in [1.82, 2.24) is 0 Å². The van der Waals surface area contributed by atoms with E-state index in [-0.39, 0.29) is 0 Å². The predicted molar refractivity (Wildman–Crippen MR) is 106 cm³/mol. The number of nitrogens with zero attached hydrogens (tertiary/aromatic N) is 1. The molecule has 0 aromatic heterocycles. The molecule has 0 saturated carbocycles. The van der Waals surface area contributed by atoms with Crippen LogP contribution in [0, 0.1) is 6.92 Å². The van der Waals surface area contributed by atoms with Gasteiger partial charge in [-0.05, 0) is 60.4 Å². The van der Waals surface area contributed by atoms with Crippen molar-refractivity contribution in [3.8, 4) is 5.75 Å². The summed E-state index contributed by atoms with van der Waals surface area (Å²) in [5.41, 5.74) is 3.91. The van der Waals surface area contributed by atoms with Crippen molar-refractivity contribution in [2.75, 3.05) is 4.90 Å². The van der Waals surface area contributed by atoms with Crippen molar-refractivity contribution in [3.63, 3.8) is 0 Å². The summed E-state index contributed by atoms with van der Waals surface area (Å²) < 4.78 is 5.69. The first-order valence-electron chi connectivity index (χ1n) is 8.79. The molecule has 1 amide bonds. The molecule has 0 fully saturated rings. The van der Waals surface area contributed by atoms with E-state index in [1.807, 2.05) is 85.8 Å². The Hall–Kier alpha value is -3.07. The van der Waals surface area contributed by atoms with Gasteiger partial charge < -0.3 is 4.74 Å². The molecule has 0 aliphatic carbocycles. The van der Waals surface area contributed by atoms with Crippen LogP contribution in [0.1, 0.15) is 30.9 Å². The highest BCUT2D eigenvalue weighted by Crippen LogP contribution is 2.28. The van der Waals surface area contributed by atoms with E-state index in [2.05, 4.69) is 13.8 Å². The van der Waals surface area contributed by atoms with E-state index in [0.717, 1.165) is 16.9 Å². The predicted octanol–water partition coefficient (Wildman–Crippen LogP) is 6.46. The highest BCUT2D eigenvalue weighted by molar-refractivity contribution is 5.97. The first kappa shape index (κ1) is 17.7. The summed E-state index contributed by atoms with van der Waals surface area (Å²) in [7, 11) is 0. The van der Waals surface area contributed by atoms with Crippen LogP contribution in [0.3, 0.4) is 0 Å². The third-order valence-electron chi connectivity index (χ3n) is 4.28. The van der Waals surface area contributed by atoms with Crippen molar-refractivity contribution in [2.45, 2.75) is 26.7 Å². The van der Waals surface area contributed by atoms with Crippen LogP contribution in [0.15, 0.2) is 78.9 Å². The monoisotopic (exact) mass is 345 g/mol. The minimum Gasteiger partial charge on any atom is -0.410 e. The van der Waals surface area contributed by atoms with Crippen molar-refractivity contribution in [3.05, 3.63) is 90.0 Å². The number of carbonyl (C=O) groups is 1. The van der Waals surface area contributed by atoms with Crippen LogP contribution in [0.25, 0.3) is 0 Å². The minimum atomic E-state index is -0.431. The number of ether oxygens (including phenoxy) is 1. The van der Waals surface area contributed by atoms with Gasteiger partial charge in [0.2, 0.25) is 0 Å². The molecule has 0 aliphatic heterocycles. The van der Waals surface area contributed by atoms with Gasteiger partial charge in [-0.15, -0.1) is 0 Å². The molecule has 0 N–H and O–H groups in total. The Bertz CT molecular complexity index is 834. The minimum absolute atomic E-state index is 0.431. The number of anilines is 2. The average Bonchev–Trinajstić information content (AvgIpc) is 2.63. The van der Waals surface area contributed by atoms with Crippen molar-refractivity contribution < 1.29 is 9.53 Å². The van der Waals surface area contributed by atoms with E-state index in [9.17, 15) is 4.79 Å². The Morgan fingerprint density at radius 1 is 0.846 bits per heavy atom. The number of rotatable bonds is 4. The third-order valence-corrected chi connectivity index (χ3v) is 4.28. The Balaban J connectivity index is 1.90. The molecule has 3 aromatic rings. The normalized spacial score (nSPS) is 10.6. The Labute approximate surface area is 154 Å². The number of amides is 1. The second-order valence-electron chi connectivity index (χ2n) is 6.55. The molecule has 26 heavy (non-hydrogen) atoms. The maximum absolute atomic E-state index is 12.9. The van der Waals surface area contributed by atoms with Gasteiger partial charge in [0.25, 0.3) is 0 Å². The highest BCUT2D eigenvalue weighted by Gasteiger charge is 2.20. The van der Waals surface area contributed by atoms with Crippen LogP contribution in [0.2, 0.25) is 0 Å². The number of para-hydroxylation sites is 2. The van der Waals surface area contributed by atoms with E-state index < -0.39 is 6.09 Å². The third kappa shape index (κ3) is 3.94. The lowest BCUT2D eigenvalue weighted by Gasteiger charge is -2.22. The quantitative estimate of drug-likeness (QED) is 0.543. The van der Waals surface area contributed by atoms with E-state index >= 15 is 0 Å². The molecule has 0 radical (unpaired) electrons. The maximum Gasteiger partial charge on any atom is 0.424 e. The Morgan fingerprint density at radius 3 is 1.85 bits per heavy atom. The Kier molecular flexibility index (Phi) is 5.37. The number of carbonyl (C=O) groups excluding carboxylic acids is 1. The maximum atomic E-state index is 12.9. The van der Waals surface area contributed by atoms with Crippen LogP contribution < -0.4 is 9.64 Å². The van der Waals surface area contributed by atoms with Gasteiger partial charge in [0.15, 0.2) is 0 Å². The van der Waals surface area contributed by atoms with Gasteiger partial charge in [0.1, 0.15) is 5.75 Å². The molecule has 0 unspecified atom stereocenters. The standard InChI is InChI=1S/C23H23NO2/c1-17(2)22-15-14-21(16-18(22)3)26-23(25)24(19-10-6-4-7-11-19)20-12-8-5-9-13-20/h4-17H,1-3H3. The lowest BCUT2D eigenvalue weighted by Crippen LogP contribution is -2.29. The molecule has 0 bridgehead atoms. The van der Waals surface area contributed by atoms with Crippen molar-refractivity contribution >= 4 is 17.5 Å². The summed E-state index contributed by atoms with van der Waals surface area (Å²) in [5.74, 6) is 0.985. The molecule has 0 heterocycles. The average molecular weight is 345 g/mol. The zero-order valence-electron chi connectivity index (χ0n) is 15.3. The lowest BCUT2D eigenvalue weighted by molar-refractivity contribution is 0.210. The molecule has 3 heteroatoms. The molecule has 0 atom stereocenters. The topological polar surface area (TPSA) is 29.5 Å². The van der Waals surface area contributed by atoms with Crippen LogP contribution >= 0.6 is 0 Å². The van der Waals surface area contributed by atoms with Gasteiger partial charge in [0, 0.05) is 0 Å².